The summed E-state index contributed by atoms with van der Waals surface area (Å²) in [6, 6.07) is -0.457. The smallest absolute Gasteiger partial charge is 0.273 e. The molecular formula is C11H17N3O3S2. The van der Waals surface area contributed by atoms with Crippen molar-refractivity contribution in [2.75, 3.05) is 18.6 Å². The van der Waals surface area contributed by atoms with Gasteiger partial charge in [0.2, 0.25) is 0 Å². The van der Waals surface area contributed by atoms with Gasteiger partial charge in [-0.2, -0.15) is 0 Å². The van der Waals surface area contributed by atoms with Crippen LogP contribution >= 0.6 is 11.3 Å². The van der Waals surface area contributed by atoms with Crippen LogP contribution in [-0.4, -0.2) is 48.8 Å². The van der Waals surface area contributed by atoms with Crippen molar-refractivity contribution in [1.82, 2.24) is 9.88 Å². The van der Waals surface area contributed by atoms with E-state index in [1.165, 1.54) is 16.2 Å². The van der Waals surface area contributed by atoms with Crippen LogP contribution in [0.25, 0.3) is 0 Å². The molecule has 0 aromatic carbocycles. The minimum atomic E-state index is -3.00. The Bertz CT molecular complexity index is 580. The van der Waals surface area contributed by atoms with Gasteiger partial charge in [0.05, 0.1) is 17.5 Å². The lowest BCUT2D eigenvalue weighted by atomic mass is 10.2. The van der Waals surface area contributed by atoms with Crippen molar-refractivity contribution >= 4 is 27.1 Å². The second-order valence-corrected chi connectivity index (χ2v) is 7.95. The molecule has 1 aromatic heterocycles. The Morgan fingerprint density at radius 3 is 2.79 bits per heavy atom. The van der Waals surface area contributed by atoms with Gasteiger partial charge in [0.1, 0.15) is 10.7 Å². The van der Waals surface area contributed by atoms with E-state index in [9.17, 15) is 13.2 Å². The fourth-order valence-electron chi connectivity index (χ4n) is 2.02. The topological polar surface area (TPSA) is 93.4 Å². The second kappa shape index (κ2) is 5.18. The van der Waals surface area contributed by atoms with E-state index in [0.717, 1.165) is 0 Å². The van der Waals surface area contributed by atoms with Gasteiger partial charge < -0.3 is 10.6 Å². The van der Waals surface area contributed by atoms with Crippen LogP contribution < -0.4 is 5.73 Å². The molecule has 0 radical (unpaired) electrons. The predicted molar refractivity (Wildman–Crippen MR) is 73.9 cm³/mol. The average Bonchev–Trinajstić information content (AvgIpc) is 2.93. The molecule has 2 N–H and O–H groups in total. The molecule has 8 heteroatoms. The van der Waals surface area contributed by atoms with Crippen molar-refractivity contribution in [3.05, 3.63) is 16.1 Å². The maximum Gasteiger partial charge on any atom is 0.273 e. The van der Waals surface area contributed by atoms with Crippen LogP contribution in [0, 0.1) is 0 Å². The summed E-state index contributed by atoms with van der Waals surface area (Å²) in [5.74, 6) is -0.0537. The Kier molecular flexibility index (Phi) is 3.93. The van der Waals surface area contributed by atoms with Gasteiger partial charge in [-0.1, -0.05) is 0 Å². The summed E-state index contributed by atoms with van der Waals surface area (Å²) in [7, 11) is -1.37. The van der Waals surface area contributed by atoms with Gasteiger partial charge in [0, 0.05) is 18.5 Å². The van der Waals surface area contributed by atoms with Crippen molar-refractivity contribution in [3.8, 4) is 0 Å². The predicted octanol–water partition coefficient (Wildman–Crippen LogP) is 0.422. The Hall–Kier alpha value is -0.990. The first kappa shape index (κ1) is 14.4. The highest BCUT2D eigenvalue weighted by Crippen LogP contribution is 2.21. The molecule has 1 aliphatic heterocycles. The molecule has 2 rings (SSSR count). The molecule has 106 valence electrons. The highest BCUT2D eigenvalue weighted by Gasteiger charge is 2.33. The third-order valence-electron chi connectivity index (χ3n) is 3.21. The van der Waals surface area contributed by atoms with Crippen LogP contribution in [0.1, 0.15) is 34.9 Å². The molecule has 1 aromatic rings. The van der Waals surface area contributed by atoms with Crippen molar-refractivity contribution in [3.63, 3.8) is 0 Å². The number of hydrogen-bond acceptors (Lipinski definition) is 6. The van der Waals surface area contributed by atoms with Crippen LogP contribution in [0.4, 0.5) is 0 Å². The average molecular weight is 303 g/mol. The summed E-state index contributed by atoms with van der Waals surface area (Å²) in [5, 5.41) is 2.37. The number of thiazole rings is 1. The molecule has 1 saturated heterocycles. The van der Waals surface area contributed by atoms with E-state index in [4.69, 9.17) is 5.73 Å². The number of carbonyl (C=O) groups excluding carboxylic acids is 1. The number of hydrogen-bond donors (Lipinski definition) is 1. The molecule has 1 aliphatic rings. The van der Waals surface area contributed by atoms with Gasteiger partial charge in [-0.25, -0.2) is 13.4 Å². The van der Waals surface area contributed by atoms with Gasteiger partial charge in [0.15, 0.2) is 9.84 Å². The lowest BCUT2D eigenvalue weighted by Crippen LogP contribution is -2.38. The van der Waals surface area contributed by atoms with Gasteiger partial charge >= 0.3 is 0 Å². The van der Waals surface area contributed by atoms with E-state index in [1.807, 2.05) is 0 Å². The third-order valence-corrected chi connectivity index (χ3v) is 6.00. The zero-order chi connectivity index (χ0) is 14.2. The zero-order valence-electron chi connectivity index (χ0n) is 10.9. The number of aromatic nitrogens is 1. The van der Waals surface area contributed by atoms with Gasteiger partial charge in [0.25, 0.3) is 5.91 Å². The van der Waals surface area contributed by atoms with Crippen LogP contribution in [0.2, 0.25) is 0 Å². The van der Waals surface area contributed by atoms with Crippen LogP contribution in [0.5, 0.6) is 0 Å². The van der Waals surface area contributed by atoms with Crippen LogP contribution in [-0.2, 0) is 9.84 Å². The molecule has 0 bridgehead atoms. The summed E-state index contributed by atoms with van der Waals surface area (Å²) in [4.78, 5) is 17.9. The summed E-state index contributed by atoms with van der Waals surface area (Å²) in [6.45, 7) is 1.81. The molecular weight excluding hydrogens is 286 g/mol. The molecule has 2 atom stereocenters. The van der Waals surface area contributed by atoms with Gasteiger partial charge in [-0.15, -0.1) is 11.3 Å². The molecule has 2 unspecified atom stereocenters. The Morgan fingerprint density at radius 2 is 2.32 bits per heavy atom. The first-order chi connectivity index (χ1) is 8.80. The fraction of sp³-hybridized carbons (Fsp3) is 0.636. The number of sulfone groups is 1. The summed E-state index contributed by atoms with van der Waals surface area (Å²) < 4.78 is 22.9. The first-order valence-corrected chi connectivity index (χ1v) is 8.69. The minimum absolute atomic E-state index is 0.0412. The molecule has 6 nitrogen and oxygen atoms in total. The van der Waals surface area contributed by atoms with Crippen molar-refractivity contribution in [1.29, 1.82) is 0 Å². The summed E-state index contributed by atoms with van der Waals surface area (Å²) in [6.07, 6.45) is 0.495. The largest absolute Gasteiger partial charge is 0.336 e. The number of nitrogens with zero attached hydrogens (tertiary/aromatic N) is 2. The monoisotopic (exact) mass is 303 g/mol. The molecule has 2 heterocycles. The maximum absolute atomic E-state index is 12.2. The summed E-state index contributed by atoms with van der Waals surface area (Å²) in [5.41, 5.74) is 6.04. The quantitative estimate of drug-likeness (QED) is 0.873. The summed E-state index contributed by atoms with van der Waals surface area (Å²) >= 11 is 1.34. The van der Waals surface area contributed by atoms with Gasteiger partial charge in [-0.05, 0) is 13.3 Å². The number of rotatable bonds is 3. The van der Waals surface area contributed by atoms with Gasteiger partial charge in [-0.3, -0.25) is 4.79 Å². The van der Waals surface area contributed by atoms with E-state index in [0.29, 0.717) is 17.1 Å². The van der Waals surface area contributed by atoms with Crippen LogP contribution in [0.3, 0.4) is 0 Å². The normalized spacial score (nSPS) is 23.2. The standard InChI is InChI=1S/C11H17N3O3S2/c1-7(12)10-13-9(5-18-10)11(15)14(2)8-3-4-19(16,17)6-8/h5,7-8H,3-4,6,12H2,1-2H3. The zero-order valence-corrected chi connectivity index (χ0v) is 12.5. The lowest BCUT2D eigenvalue weighted by Gasteiger charge is -2.22. The van der Waals surface area contributed by atoms with E-state index in [1.54, 1.807) is 19.4 Å². The molecule has 19 heavy (non-hydrogen) atoms. The molecule has 0 aliphatic carbocycles. The van der Waals surface area contributed by atoms with Crippen molar-refractivity contribution < 1.29 is 13.2 Å². The van der Waals surface area contributed by atoms with E-state index >= 15 is 0 Å². The highest BCUT2D eigenvalue weighted by molar-refractivity contribution is 7.91. The van der Waals surface area contributed by atoms with Crippen molar-refractivity contribution in [2.45, 2.75) is 25.4 Å². The minimum Gasteiger partial charge on any atom is -0.336 e. The molecule has 0 spiro atoms. The van der Waals surface area contributed by atoms with E-state index < -0.39 is 9.84 Å². The lowest BCUT2D eigenvalue weighted by molar-refractivity contribution is 0.0742. The molecule has 0 saturated carbocycles. The number of amides is 1. The van der Waals surface area contributed by atoms with E-state index in [-0.39, 0.29) is 29.5 Å². The van der Waals surface area contributed by atoms with E-state index in [2.05, 4.69) is 4.98 Å². The Morgan fingerprint density at radius 1 is 1.63 bits per heavy atom. The maximum atomic E-state index is 12.2. The Balaban J connectivity index is 2.10. The number of carbonyl (C=O) groups is 1. The fourth-order valence-corrected chi connectivity index (χ4v) is 4.55. The number of nitrogens with two attached hydrogens (primary N) is 1. The second-order valence-electron chi connectivity index (χ2n) is 4.83. The first-order valence-electron chi connectivity index (χ1n) is 5.99. The molecule has 1 amide bonds. The molecule has 1 fully saturated rings. The highest BCUT2D eigenvalue weighted by atomic mass is 32.2. The third kappa shape index (κ3) is 3.13. The Labute approximate surface area is 116 Å². The van der Waals surface area contributed by atoms with Crippen LogP contribution in [0.15, 0.2) is 5.38 Å². The SMILES string of the molecule is CC(N)c1nc(C(=O)N(C)C2CCS(=O)(=O)C2)cs1. The van der Waals surface area contributed by atoms with Crippen molar-refractivity contribution in [2.24, 2.45) is 5.73 Å².